The zero-order valence-electron chi connectivity index (χ0n) is 9.51. The molecular formula is C13H17IO. The number of hydrogen-bond acceptors (Lipinski definition) is 1. The Bertz CT molecular complexity index is 350. The van der Waals surface area contributed by atoms with Crippen molar-refractivity contribution in [2.24, 2.45) is 0 Å². The van der Waals surface area contributed by atoms with Crippen LogP contribution in [0.15, 0.2) is 30.9 Å². The van der Waals surface area contributed by atoms with Gasteiger partial charge in [-0.05, 0) is 40.1 Å². The standard InChI is InChI=1S/C13H17IO/c1-5-9-15-11-8-6-7-10(14)12(11)13(2,3)4/h5-8H,1,9H2,2-4H3. The van der Waals surface area contributed by atoms with Crippen molar-refractivity contribution in [3.63, 3.8) is 0 Å². The van der Waals surface area contributed by atoms with E-state index in [1.54, 1.807) is 6.08 Å². The molecule has 0 saturated heterocycles. The van der Waals surface area contributed by atoms with Crippen molar-refractivity contribution in [2.45, 2.75) is 26.2 Å². The van der Waals surface area contributed by atoms with Crippen molar-refractivity contribution in [1.82, 2.24) is 0 Å². The Labute approximate surface area is 106 Å². The first-order chi connectivity index (χ1) is 6.96. The van der Waals surface area contributed by atoms with Crippen molar-refractivity contribution in [1.29, 1.82) is 0 Å². The average Bonchev–Trinajstić information content (AvgIpc) is 2.12. The van der Waals surface area contributed by atoms with Crippen LogP contribution in [0.4, 0.5) is 0 Å². The lowest BCUT2D eigenvalue weighted by Gasteiger charge is -2.24. The lowest BCUT2D eigenvalue weighted by atomic mass is 9.86. The highest BCUT2D eigenvalue weighted by Gasteiger charge is 2.21. The zero-order valence-corrected chi connectivity index (χ0v) is 11.7. The van der Waals surface area contributed by atoms with E-state index in [-0.39, 0.29) is 5.41 Å². The zero-order chi connectivity index (χ0) is 11.5. The van der Waals surface area contributed by atoms with Crippen LogP contribution in [0.5, 0.6) is 5.75 Å². The molecule has 0 unspecified atom stereocenters. The summed E-state index contributed by atoms with van der Waals surface area (Å²) in [5.74, 6) is 0.967. The van der Waals surface area contributed by atoms with E-state index in [2.05, 4.69) is 56.0 Å². The van der Waals surface area contributed by atoms with Crippen LogP contribution in [0.1, 0.15) is 26.3 Å². The maximum atomic E-state index is 5.67. The highest BCUT2D eigenvalue weighted by Crippen LogP contribution is 2.34. The van der Waals surface area contributed by atoms with Crippen LogP contribution in [0.2, 0.25) is 0 Å². The summed E-state index contributed by atoms with van der Waals surface area (Å²) >= 11 is 2.36. The molecule has 1 aromatic carbocycles. The molecule has 0 aliphatic heterocycles. The van der Waals surface area contributed by atoms with Gasteiger partial charge in [0.15, 0.2) is 0 Å². The van der Waals surface area contributed by atoms with Gasteiger partial charge in [-0.15, -0.1) is 0 Å². The highest BCUT2D eigenvalue weighted by atomic mass is 127. The molecule has 0 bridgehead atoms. The predicted octanol–water partition coefficient (Wildman–Crippen LogP) is 4.15. The third kappa shape index (κ3) is 3.23. The second-order valence-corrected chi connectivity index (χ2v) is 5.62. The van der Waals surface area contributed by atoms with E-state index in [0.29, 0.717) is 6.61 Å². The average molecular weight is 316 g/mol. The van der Waals surface area contributed by atoms with Crippen LogP contribution in [0.3, 0.4) is 0 Å². The van der Waals surface area contributed by atoms with Gasteiger partial charge in [0.05, 0.1) is 0 Å². The molecule has 0 aromatic heterocycles. The molecule has 1 nitrogen and oxygen atoms in total. The first-order valence-corrected chi connectivity index (χ1v) is 6.07. The lowest BCUT2D eigenvalue weighted by Crippen LogP contribution is -2.15. The molecule has 0 heterocycles. The van der Waals surface area contributed by atoms with E-state index in [9.17, 15) is 0 Å². The number of rotatable bonds is 3. The molecule has 2 heteroatoms. The van der Waals surface area contributed by atoms with Crippen LogP contribution in [0, 0.1) is 3.57 Å². The summed E-state index contributed by atoms with van der Waals surface area (Å²) in [6.45, 7) is 10.8. The monoisotopic (exact) mass is 316 g/mol. The first-order valence-electron chi connectivity index (χ1n) is 4.99. The van der Waals surface area contributed by atoms with Gasteiger partial charge in [-0.2, -0.15) is 0 Å². The van der Waals surface area contributed by atoms with Gasteiger partial charge in [0.2, 0.25) is 0 Å². The Hall–Kier alpha value is -0.510. The molecule has 0 spiro atoms. The van der Waals surface area contributed by atoms with Crippen molar-refractivity contribution in [3.05, 3.63) is 40.0 Å². The predicted molar refractivity (Wildman–Crippen MR) is 73.6 cm³/mol. The molecule has 0 atom stereocenters. The SMILES string of the molecule is C=CCOc1cccc(I)c1C(C)(C)C. The fraction of sp³-hybridized carbons (Fsp3) is 0.385. The second kappa shape index (κ2) is 5.01. The van der Waals surface area contributed by atoms with Gasteiger partial charge >= 0.3 is 0 Å². The van der Waals surface area contributed by atoms with E-state index in [4.69, 9.17) is 4.74 Å². The van der Waals surface area contributed by atoms with Gasteiger partial charge in [-0.1, -0.05) is 39.5 Å². The molecule has 0 saturated carbocycles. The molecule has 0 aliphatic rings. The summed E-state index contributed by atoms with van der Waals surface area (Å²) in [6.07, 6.45) is 1.77. The lowest BCUT2D eigenvalue weighted by molar-refractivity contribution is 0.350. The molecule has 0 fully saturated rings. The molecule has 82 valence electrons. The molecule has 0 radical (unpaired) electrons. The summed E-state index contributed by atoms with van der Waals surface area (Å²) < 4.78 is 6.92. The molecule has 0 aliphatic carbocycles. The third-order valence-corrected chi connectivity index (χ3v) is 2.98. The fourth-order valence-corrected chi connectivity index (χ4v) is 2.78. The molecule has 15 heavy (non-hydrogen) atoms. The Morgan fingerprint density at radius 2 is 2.07 bits per heavy atom. The summed E-state index contributed by atoms with van der Waals surface area (Å²) in [4.78, 5) is 0. The minimum absolute atomic E-state index is 0.105. The summed E-state index contributed by atoms with van der Waals surface area (Å²) in [7, 11) is 0. The Balaban J connectivity index is 3.14. The molecule has 1 aromatic rings. The topological polar surface area (TPSA) is 9.23 Å². The maximum Gasteiger partial charge on any atom is 0.124 e. The van der Waals surface area contributed by atoms with Crippen molar-refractivity contribution in [3.8, 4) is 5.75 Å². The van der Waals surface area contributed by atoms with Crippen LogP contribution >= 0.6 is 22.6 Å². The normalized spacial score (nSPS) is 11.2. The minimum Gasteiger partial charge on any atom is -0.489 e. The van der Waals surface area contributed by atoms with Gasteiger partial charge in [-0.25, -0.2) is 0 Å². The second-order valence-electron chi connectivity index (χ2n) is 4.46. The third-order valence-electron chi connectivity index (χ3n) is 2.08. The smallest absolute Gasteiger partial charge is 0.124 e. The van der Waals surface area contributed by atoms with E-state index >= 15 is 0 Å². The Morgan fingerprint density at radius 1 is 1.40 bits per heavy atom. The van der Waals surface area contributed by atoms with Crippen LogP contribution in [-0.4, -0.2) is 6.61 Å². The van der Waals surface area contributed by atoms with Gasteiger partial charge < -0.3 is 4.74 Å². The quantitative estimate of drug-likeness (QED) is 0.601. The van der Waals surface area contributed by atoms with Crippen LogP contribution in [0.25, 0.3) is 0 Å². The van der Waals surface area contributed by atoms with E-state index < -0.39 is 0 Å². The maximum absolute atomic E-state index is 5.67. The van der Waals surface area contributed by atoms with Gasteiger partial charge in [-0.3, -0.25) is 0 Å². The first kappa shape index (κ1) is 12.6. The van der Waals surface area contributed by atoms with Gasteiger partial charge in [0.25, 0.3) is 0 Å². The number of halogens is 1. The van der Waals surface area contributed by atoms with Crippen LogP contribution in [-0.2, 0) is 5.41 Å². The summed E-state index contributed by atoms with van der Waals surface area (Å²) in [5.41, 5.74) is 1.38. The molecule has 0 amide bonds. The van der Waals surface area contributed by atoms with E-state index in [1.165, 1.54) is 9.13 Å². The highest BCUT2D eigenvalue weighted by molar-refractivity contribution is 14.1. The van der Waals surface area contributed by atoms with Gasteiger partial charge in [0, 0.05) is 9.13 Å². The number of benzene rings is 1. The Morgan fingerprint density at radius 3 is 2.60 bits per heavy atom. The Kier molecular flexibility index (Phi) is 4.20. The van der Waals surface area contributed by atoms with Crippen molar-refractivity contribution < 1.29 is 4.74 Å². The summed E-state index contributed by atoms with van der Waals surface area (Å²) in [5, 5.41) is 0. The molecular weight excluding hydrogens is 299 g/mol. The van der Waals surface area contributed by atoms with Crippen molar-refractivity contribution >= 4 is 22.6 Å². The molecule has 1 rings (SSSR count). The van der Waals surface area contributed by atoms with Crippen molar-refractivity contribution in [2.75, 3.05) is 6.61 Å². The molecule has 0 N–H and O–H groups in total. The summed E-state index contributed by atoms with van der Waals surface area (Å²) in [6, 6.07) is 6.16. The van der Waals surface area contributed by atoms with E-state index in [0.717, 1.165) is 5.75 Å². The van der Waals surface area contributed by atoms with E-state index in [1.807, 2.05) is 12.1 Å². The largest absolute Gasteiger partial charge is 0.489 e. The minimum atomic E-state index is 0.105. The fourth-order valence-electron chi connectivity index (χ4n) is 1.50. The number of ether oxygens (including phenoxy) is 1. The number of hydrogen-bond donors (Lipinski definition) is 0. The van der Waals surface area contributed by atoms with Gasteiger partial charge in [0.1, 0.15) is 12.4 Å². The van der Waals surface area contributed by atoms with Crippen LogP contribution < -0.4 is 4.74 Å².